The highest BCUT2D eigenvalue weighted by molar-refractivity contribution is 5.95. The summed E-state index contributed by atoms with van der Waals surface area (Å²) in [4.78, 5) is 29.2. The van der Waals surface area contributed by atoms with Gasteiger partial charge in [0, 0.05) is 11.7 Å². The highest BCUT2D eigenvalue weighted by Crippen LogP contribution is 2.24. The number of para-hydroxylation sites is 1. The molecule has 0 aliphatic heterocycles. The van der Waals surface area contributed by atoms with Gasteiger partial charge in [-0.1, -0.05) is 25.1 Å². The number of aryl methyl sites for hydroxylation is 1. The van der Waals surface area contributed by atoms with Crippen molar-refractivity contribution in [1.82, 2.24) is 14.9 Å². The van der Waals surface area contributed by atoms with E-state index in [1.54, 1.807) is 12.1 Å². The molecule has 1 amide bonds. The minimum absolute atomic E-state index is 0.189. The standard InChI is InChI=1S/C24H27N3O3/c1-16-8-11-19(12-9-16)26-23(28)15-30-24(29)18-10-13-22-21(14-18)25-17(2)27(22)20-6-4-3-5-7-20/h3-7,10,13-14,16,19H,8-9,11-12,15H2,1-2H3,(H,26,28). The van der Waals surface area contributed by atoms with E-state index in [2.05, 4.69) is 17.2 Å². The van der Waals surface area contributed by atoms with Crippen LogP contribution < -0.4 is 5.32 Å². The number of hydrogen-bond donors (Lipinski definition) is 1. The molecule has 6 heteroatoms. The Morgan fingerprint density at radius 3 is 2.57 bits per heavy atom. The van der Waals surface area contributed by atoms with Crippen LogP contribution in [0.15, 0.2) is 48.5 Å². The number of hydrogen-bond acceptors (Lipinski definition) is 4. The second kappa shape index (κ2) is 8.69. The molecule has 0 unspecified atom stereocenters. The fourth-order valence-electron chi connectivity index (χ4n) is 4.12. The summed E-state index contributed by atoms with van der Waals surface area (Å²) in [6, 6.07) is 15.4. The van der Waals surface area contributed by atoms with Crippen LogP contribution in [0.25, 0.3) is 16.7 Å². The first-order valence-electron chi connectivity index (χ1n) is 10.5. The Hall–Kier alpha value is -3.15. The maximum absolute atomic E-state index is 12.5. The lowest BCUT2D eigenvalue weighted by atomic mass is 9.87. The minimum Gasteiger partial charge on any atom is -0.452 e. The molecule has 1 heterocycles. The van der Waals surface area contributed by atoms with Crippen molar-refractivity contribution >= 4 is 22.9 Å². The van der Waals surface area contributed by atoms with E-state index < -0.39 is 5.97 Å². The molecule has 1 saturated carbocycles. The van der Waals surface area contributed by atoms with Gasteiger partial charge >= 0.3 is 5.97 Å². The number of carbonyl (C=O) groups is 2. The van der Waals surface area contributed by atoms with Gasteiger partial charge in [0.1, 0.15) is 5.82 Å². The van der Waals surface area contributed by atoms with E-state index in [9.17, 15) is 9.59 Å². The van der Waals surface area contributed by atoms with Crippen LogP contribution >= 0.6 is 0 Å². The smallest absolute Gasteiger partial charge is 0.338 e. The maximum Gasteiger partial charge on any atom is 0.338 e. The number of nitrogens with one attached hydrogen (secondary N) is 1. The van der Waals surface area contributed by atoms with Crippen LogP contribution in [0.2, 0.25) is 0 Å². The fourth-order valence-corrected chi connectivity index (χ4v) is 4.12. The zero-order valence-corrected chi connectivity index (χ0v) is 17.4. The Kier molecular flexibility index (Phi) is 5.84. The summed E-state index contributed by atoms with van der Waals surface area (Å²) in [5, 5.41) is 2.97. The van der Waals surface area contributed by atoms with Gasteiger partial charge in [-0.25, -0.2) is 9.78 Å². The molecule has 30 heavy (non-hydrogen) atoms. The summed E-state index contributed by atoms with van der Waals surface area (Å²) in [5.74, 6) is 0.798. The van der Waals surface area contributed by atoms with Gasteiger partial charge in [0.05, 0.1) is 16.6 Å². The van der Waals surface area contributed by atoms with Crippen LogP contribution in [0.1, 0.15) is 48.8 Å². The SMILES string of the molecule is Cc1nc2cc(C(=O)OCC(=O)NC3CCC(C)CC3)ccc2n1-c1ccccc1. The molecule has 1 N–H and O–H groups in total. The quantitative estimate of drug-likeness (QED) is 0.646. The van der Waals surface area contributed by atoms with Gasteiger partial charge in [-0.05, 0) is 68.9 Å². The van der Waals surface area contributed by atoms with Crippen molar-refractivity contribution in [3.05, 3.63) is 59.9 Å². The average Bonchev–Trinajstić information content (AvgIpc) is 3.09. The number of esters is 1. The zero-order valence-electron chi connectivity index (χ0n) is 17.4. The lowest BCUT2D eigenvalue weighted by Gasteiger charge is -2.26. The summed E-state index contributed by atoms with van der Waals surface area (Å²) < 4.78 is 7.28. The lowest BCUT2D eigenvalue weighted by molar-refractivity contribution is -0.125. The number of nitrogens with zero attached hydrogens (tertiary/aromatic N) is 2. The summed E-state index contributed by atoms with van der Waals surface area (Å²) >= 11 is 0. The fraction of sp³-hybridized carbons (Fsp3) is 0.375. The molecule has 0 spiro atoms. The summed E-state index contributed by atoms with van der Waals surface area (Å²) in [6.07, 6.45) is 4.22. The van der Waals surface area contributed by atoms with E-state index in [-0.39, 0.29) is 18.6 Å². The molecule has 1 aliphatic rings. The van der Waals surface area contributed by atoms with Crippen molar-refractivity contribution in [2.24, 2.45) is 5.92 Å². The molecular formula is C24H27N3O3. The van der Waals surface area contributed by atoms with Gasteiger partial charge in [0.2, 0.25) is 0 Å². The second-order valence-corrected chi connectivity index (χ2v) is 8.13. The van der Waals surface area contributed by atoms with Crippen molar-refractivity contribution in [2.45, 2.75) is 45.6 Å². The van der Waals surface area contributed by atoms with Crippen molar-refractivity contribution < 1.29 is 14.3 Å². The van der Waals surface area contributed by atoms with Gasteiger partial charge in [-0.3, -0.25) is 9.36 Å². The number of amides is 1. The monoisotopic (exact) mass is 405 g/mol. The number of fused-ring (bicyclic) bond motifs is 1. The first-order chi connectivity index (χ1) is 14.5. The normalized spacial score (nSPS) is 18.9. The molecule has 1 aliphatic carbocycles. The molecule has 4 rings (SSSR count). The van der Waals surface area contributed by atoms with Crippen LogP contribution in [0, 0.1) is 12.8 Å². The van der Waals surface area contributed by atoms with Crippen LogP contribution in [-0.2, 0) is 9.53 Å². The van der Waals surface area contributed by atoms with E-state index in [1.165, 1.54) is 0 Å². The second-order valence-electron chi connectivity index (χ2n) is 8.13. The van der Waals surface area contributed by atoms with Crippen LogP contribution in [0.3, 0.4) is 0 Å². The molecule has 3 aromatic rings. The topological polar surface area (TPSA) is 73.2 Å². The third-order valence-electron chi connectivity index (χ3n) is 5.79. The summed E-state index contributed by atoms with van der Waals surface area (Å²) in [6.45, 7) is 3.91. The highest BCUT2D eigenvalue weighted by Gasteiger charge is 2.20. The number of imidazole rings is 1. The lowest BCUT2D eigenvalue weighted by Crippen LogP contribution is -2.39. The number of rotatable bonds is 5. The van der Waals surface area contributed by atoms with Gasteiger partial charge in [0.15, 0.2) is 6.61 Å². The molecule has 1 fully saturated rings. The van der Waals surface area contributed by atoms with Gasteiger partial charge < -0.3 is 10.1 Å². The zero-order chi connectivity index (χ0) is 21.1. The Bertz CT molecular complexity index is 1050. The van der Waals surface area contributed by atoms with Crippen molar-refractivity contribution in [1.29, 1.82) is 0 Å². The molecular weight excluding hydrogens is 378 g/mol. The Morgan fingerprint density at radius 2 is 1.83 bits per heavy atom. The van der Waals surface area contributed by atoms with Gasteiger partial charge in [0.25, 0.3) is 5.91 Å². The van der Waals surface area contributed by atoms with E-state index in [1.807, 2.05) is 47.9 Å². The highest BCUT2D eigenvalue weighted by atomic mass is 16.5. The van der Waals surface area contributed by atoms with Crippen LogP contribution in [0.4, 0.5) is 0 Å². The summed E-state index contributed by atoms with van der Waals surface area (Å²) in [7, 11) is 0. The first kappa shape index (κ1) is 20.1. The first-order valence-corrected chi connectivity index (χ1v) is 10.5. The molecule has 0 bridgehead atoms. The number of aromatic nitrogens is 2. The van der Waals surface area contributed by atoms with Crippen molar-refractivity contribution in [2.75, 3.05) is 6.61 Å². The van der Waals surface area contributed by atoms with E-state index in [0.29, 0.717) is 11.1 Å². The predicted molar refractivity (Wildman–Crippen MR) is 116 cm³/mol. The minimum atomic E-state index is -0.517. The van der Waals surface area contributed by atoms with Crippen LogP contribution in [0.5, 0.6) is 0 Å². The number of ether oxygens (including phenoxy) is 1. The third-order valence-corrected chi connectivity index (χ3v) is 5.79. The molecule has 2 aromatic carbocycles. The largest absolute Gasteiger partial charge is 0.452 e. The van der Waals surface area contributed by atoms with Crippen LogP contribution in [-0.4, -0.2) is 34.1 Å². The Morgan fingerprint density at radius 1 is 1.10 bits per heavy atom. The summed E-state index contributed by atoms with van der Waals surface area (Å²) in [5.41, 5.74) is 3.03. The van der Waals surface area contributed by atoms with E-state index in [4.69, 9.17) is 4.74 Å². The van der Waals surface area contributed by atoms with Crippen molar-refractivity contribution in [3.8, 4) is 5.69 Å². The van der Waals surface area contributed by atoms with Gasteiger partial charge in [-0.2, -0.15) is 0 Å². The maximum atomic E-state index is 12.5. The van der Waals surface area contributed by atoms with Crippen molar-refractivity contribution in [3.63, 3.8) is 0 Å². The molecule has 0 radical (unpaired) electrons. The molecule has 0 saturated heterocycles. The van der Waals surface area contributed by atoms with E-state index >= 15 is 0 Å². The van der Waals surface area contributed by atoms with E-state index in [0.717, 1.165) is 48.6 Å². The molecule has 6 nitrogen and oxygen atoms in total. The molecule has 156 valence electrons. The molecule has 0 atom stereocenters. The average molecular weight is 405 g/mol. The Labute approximate surface area is 176 Å². The Balaban J connectivity index is 1.41. The predicted octanol–water partition coefficient (Wildman–Crippen LogP) is 4.19. The third kappa shape index (κ3) is 4.37. The number of benzene rings is 2. The van der Waals surface area contributed by atoms with Gasteiger partial charge in [-0.15, -0.1) is 0 Å². The molecule has 1 aromatic heterocycles. The number of carbonyl (C=O) groups excluding carboxylic acids is 2.